The van der Waals surface area contributed by atoms with Crippen LogP contribution in [-0.2, 0) is 19.5 Å². The summed E-state index contributed by atoms with van der Waals surface area (Å²) in [5.74, 6) is 0.612. The number of hydrogen-bond acceptors (Lipinski definition) is 3. The van der Waals surface area contributed by atoms with E-state index in [1.54, 1.807) is 6.07 Å². The summed E-state index contributed by atoms with van der Waals surface area (Å²) >= 11 is 12.5. The Morgan fingerprint density at radius 1 is 1.15 bits per heavy atom. The molecule has 6 heteroatoms. The van der Waals surface area contributed by atoms with Crippen LogP contribution in [0.1, 0.15) is 22.4 Å². The van der Waals surface area contributed by atoms with Gasteiger partial charge in [-0.25, -0.2) is 4.98 Å². The van der Waals surface area contributed by atoms with Crippen LogP contribution < -0.4 is 5.56 Å². The molecule has 1 N–H and O–H groups in total. The van der Waals surface area contributed by atoms with E-state index in [1.807, 2.05) is 43.3 Å². The number of benzene rings is 2. The molecule has 0 fully saturated rings. The highest BCUT2D eigenvalue weighted by Crippen LogP contribution is 2.28. The Balaban J connectivity index is 1.62. The lowest BCUT2D eigenvalue weighted by Crippen LogP contribution is -2.35. The molecule has 0 radical (unpaired) electrons. The fourth-order valence-electron chi connectivity index (χ4n) is 3.39. The van der Waals surface area contributed by atoms with Crippen molar-refractivity contribution in [2.24, 2.45) is 0 Å². The third-order valence-electron chi connectivity index (χ3n) is 4.90. The lowest BCUT2D eigenvalue weighted by Gasteiger charge is -2.28. The normalized spacial score (nSPS) is 14.2. The molecule has 0 saturated carbocycles. The van der Waals surface area contributed by atoms with E-state index < -0.39 is 0 Å². The topological polar surface area (TPSA) is 49.0 Å². The van der Waals surface area contributed by atoms with Crippen molar-refractivity contribution < 1.29 is 0 Å². The maximum atomic E-state index is 12.5. The number of rotatable bonds is 3. The van der Waals surface area contributed by atoms with Gasteiger partial charge in [0.2, 0.25) is 0 Å². The van der Waals surface area contributed by atoms with Crippen molar-refractivity contribution in [3.05, 3.63) is 85.2 Å². The number of nitrogens with zero attached hydrogens (tertiary/aromatic N) is 2. The molecule has 1 aliphatic heterocycles. The number of aryl methyl sites for hydroxylation is 1. The van der Waals surface area contributed by atoms with Crippen LogP contribution in [0.5, 0.6) is 0 Å². The number of nitrogens with one attached hydrogen (secondary N) is 1. The average Bonchev–Trinajstić information content (AvgIpc) is 2.66. The second-order valence-corrected chi connectivity index (χ2v) is 7.66. The third-order valence-corrected chi connectivity index (χ3v) is 5.76. The van der Waals surface area contributed by atoms with E-state index in [0.29, 0.717) is 35.4 Å². The van der Waals surface area contributed by atoms with Gasteiger partial charge in [0.15, 0.2) is 0 Å². The molecule has 0 atom stereocenters. The van der Waals surface area contributed by atoms with Gasteiger partial charge < -0.3 is 4.98 Å². The molecule has 27 heavy (non-hydrogen) atoms. The molecular weight excluding hydrogens is 381 g/mol. The van der Waals surface area contributed by atoms with E-state index in [0.717, 1.165) is 28.9 Å². The molecule has 1 aliphatic rings. The van der Waals surface area contributed by atoms with Crippen molar-refractivity contribution in [3.8, 4) is 11.4 Å². The number of H-pyrrole nitrogens is 1. The first-order valence-electron chi connectivity index (χ1n) is 8.85. The maximum absolute atomic E-state index is 12.5. The first-order valence-corrected chi connectivity index (χ1v) is 9.61. The zero-order valence-electron chi connectivity index (χ0n) is 14.9. The van der Waals surface area contributed by atoms with Crippen molar-refractivity contribution >= 4 is 23.2 Å². The second kappa shape index (κ2) is 7.47. The molecule has 3 aromatic rings. The van der Waals surface area contributed by atoms with Crippen molar-refractivity contribution in [1.29, 1.82) is 0 Å². The average molecular weight is 400 g/mol. The summed E-state index contributed by atoms with van der Waals surface area (Å²) in [6.07, 6.45) is 0.671. The Morgan fingerprint density at radius 2 is 1.93 bits per heavy atom. The van der Waals surface area contributed by atoms with Crippen LogP contribution in [0.3, 0.4) is 0 Å². The highest BCUT2D eigenvalue weighted by molar-refractivity contribution is 6.42. The summed E-state index contributed by atoms with van der Waals surface area (Å²) < 4.78 is 0. The number of aromatic nitrogens is 2. The number of aromatic amines is 1. The maximum Gasteiger partial charge on any atom is 0.254 e. The Kier molecular flexibility index (Phi) is 5.04. The van der Waals surface area contributed by atoms with Crippen molar-refractivity contribution in [3.63, 3.8) is 0 Å². The van der Waals surface area contributed by atoms with E-state index >= 15 is 0 Å². The lowest BCUT2D eigenvalue weighted by molar-refractivity contribution is 0.240. The molecule has 1 aromatic heterocycles. The van der Waals surface area contributed by atoms with E-state index in [4.69, 9.17) is 28.2 Å². The van der Waals surface area contributed by atoms with E-state index in [1.165, 1.54) is 5.56 Å². The van der Waals surface area contributed by atoms with Gasteiger partial charge in [-0.15, -0.1) is 0 Å². The Hall–Kier alpha value is -2.14. The molecule has 0 amide bonds. The summed E-state index contributed by atoms with van der Waals surface area (Å²) in [5.41, 5.74) is 4.63. The van der Waals surface area contributed by atoms with Crippen molar-refractivity contribution in [2.45, 2.75) is 26.4 Å². The minimum atomic E-state index is -0.0454. The van der Waals surface area contributed by atoms with Crippen LogP contribution in [0.4, 0.5) is 0 Å². The highest BCUT2D eigenvalue weighted by Gasteiger charge is 2.22. The summed E-state index contributed by atoms with van der Waals surface area (Å²) in [4.78, 5) is 22.5. The SMILES string of the molecule is Cc1ccc(-c2nc3c(c(=O)[nH]2)CCN(Cc2cccc(Cl)c2Cl)C3)cc1. The van der Waals surface area contributed by atoms with Crippen molar-refractivity contribution in [1.82, 2.24) is 14.9 Å². The zero-order valence-corrected chi connectivity index (χ0v) is 16.4. The summed E-state index contributed by atoms with van der Waals surface area (Å²) in [6.45, 7) is 4.10. The third kappa shape index (κ3) is 3.79. The summed E-state index contributed by atoms with van der Waals surface area (Å²) in [6, 6.07) is 13.7. The molecule has 0 unspecified atom stereocenters. The van der Waals surface area contributed by atoms with Gasteiger partial charge in [0, 0.05) is 30.8 Å². The molecule has 0 aliphatic carbocycles. The minimum absolute atomic E-state index is 0.0454. The highest BCUT2D eigenvalue weighted by atomic mass is 35.5. The molecule has 4 nitrogen and oxygen atoms in total. The van der Waals surface area contributed by atoms with Crippen LogP contribution in [0.25, 0.3) is 11.4 Å². The number of fused-ring (bicyclic) bond motifs is 1. The Bertz CT molecular complexity index is 1040. The van der Waals surface area contributed by atoms with Gasteiger partial charge >= 0.3 is 0 Å². The minimum Gasteiger partial charge on any atom is -0.306 e. The standard InChI is InChI=1S/C21H19Cl2N3O/c1-13-5-7-14(8-6-13)20-24-18-12-26(10-9-16(18)21(27)25-20)11-15-3-2-4-17(22)19(15)23/h2-8H,9-12H2,1H3,(H,24,25,27). The Morgan fingerprint density at radius 3 is 2.70 bits per heavy atom. The van der Waals surface area contributed by atoms with E-state index in [9.17, 15) is 4.79 Å². The van der Waals surface area contributed by atoms with E-state index in [-0.39, 0.29) is 5.56 Å². The van der Waals surface area contributed by atoms with Crippen molar-refractivity contribution in [2.75, 3.05) is 6.54 Å². The smallest absolute Gasteiger partial charge is 0.254 e. The summed E-state index contributed by atoms with van der Waals surface area (Å²) in [7, 11) is 0. The zero-order chi connectivity index (χ0) is 19.0. The molecule has 0 bridgehead atoms. The van der Waals surface area contributed by atoms with E-state index in [2.05, 4.69) is 9.88 Å². The van der Waals surface area contributed by atoms with Gasteiger partial charge in [0.1, 0.15) is 5.82 Å². The predicted molar refractivity (Wildman–Crippen MR) is 109 cm³/mol. The van der Waals surface area contributed by atoms with Crippen LogP contribution >= 0.6 is 23.2 Å². The number of hydrogen-bond donors (Lipinski definition) is 1. The quantitative estimate of drug-likeness (QED) is 0.699. The largest absolute Gasteiger partial charge is 0.306 e. The van der Waals surface area contributed by atoms with Gasteiger partial charge in [0.25, 0.3) is 5.56 Å². The van der Waals surface area contributed by atoms with Gasteiger partial charge in [0.05, 0.1) is 15.7 Å². The molecule has 138 valence electrons. The fraction of sp³-hybridized carbons (Fsp3) is 0.238. The van der Waals surface area contributed by atoms with Gasteiger partial charge in [-0.2, -0.15) is 0 Å². The van der Waals surface area contributed by atoms with Crippen LogP contribution in [-0.4, -0.2) is 21.4 Å². The van der Waals surface area contributed by atoms with Gasteiger partial charge in [-0.1, -0.05) is 65.2 Å². The van der Waals surface area contributed by atoms with Crippen LogP contribution in [0, 0.1) is 6.92 Å². The molecule has 2 heterocycles. The molecule has 0 spiro atoms. The molecule has 0 saturated heterocycles. The van der Waals surface area contributed by atoms with Crippen LogP contribution in [0.15, 0.2) is 47.3 Å². The lowest BCUT2D eigenvalue weighted by atomic mass is 10.0. The molecule has 2 aromatic carbocycles. The second-order valence-electron chi connectivity index (χ2n) is 6.88. The summed E-state index contributed by atoms with van der Waals surface area (Å²) in [5, 5.41) is 1.15. The van der Waals surface area contributed by atoms with Gasteiger partial charge in [-0.05, 0) is 25.0 Å². The Labute approximate surface area is 167 Å². The van der Waals surface area contributed by atoms with Gasteiger partial charge in [-0.3, -0.25) is 9.69 Å². The van der Waals surface area contributed by atoms with Crippen LogP contribution in [0.2, 0.25) is 10.0 Å². The predicted octanol–water partition coefficient (Wildman–Crippen LogP) is 4.61. The first-order chi connectivity index (χ1) is 13.0. The molecule has 4 rings (SSSR count). The molecular formula is C21H19Cl2N3O. The fourth-order valence-corrected chi connectivity index (χ4v) is 3.77. The number of halogens is 2. The first kappa shape index (κ1) is 18.2. The monoisotopic (exact) mass is 399 g/mol.